The van der Waals surface area contributed by atoms with Gasteiger partial charge in [0, 0.05) is 27.8 Å². The topological polar surface area (TPSA) is 3.24 Å². The lowest BCUT2D eigenvalue weighted by Crippen LogP contribution is -2.17. The lowest BCUT2D eigenvalue weighted by molar-refractivity contribution is 0.652. The van der Waals surface area contributed by atoms with Gasteiger partial charge < -0.3 is 4.90 Å². The summed E-state index contributed by atoms with van der Waals surface area (Å²) in [5.41, 5.74) is 23.8. The summed E-state index contributed by atoms with van der Waals surface area (Å²) in [5, 5.41) is 0. The van der Waals surface area contributed by atoms with E-state index in [2.05, 4.69) is 205 Å². The predicted octanol–water partition coefficient (Wildman–Crippen LogP) is 16.5. The molecule has 0 bridgehead atoms. The van der Waals surface area contributed by atoms with Gasteiger partial charge in [0.25, 0.3) is 0 Å². The van der Waals surface area contributed by atoms with Gasteiger partial charge in [-0.15, -0.1) is 0 Å². The van der Waals surface area contributed by atoms with Crippen LogP contribution in [-0.2, 0) is 10.8 Å². The van der Waals surface area contributed by atoms with Crippen LogP contribution in [0.4, 0.5) is 17.1 Å². The lowest BCUT2D eigenvalue weighted by Gasteiger charge is -2.29. The fourth-order valence-corrected chi connectivity index (χ4v) is 9.46. The average molecular weight is 766 g/mol. The maximum Gasteiger partial charge on any atom is 0.0540 e. The fourth-order valence-electron chi connectivity index (χ4n) is 9.46. The van der Waals surface area contributed by atoms with Crippen LogP contribution in [0.3, 0.4) is 0 Å². The minimum absolute atomic E-state index is 0.110. The Morgan fingerprint density at radius 3 is 1.83 bits per heavy atom. The molecule has 9 rings (SSSR count). The number of fused-ring (bicyclic) bond motifs is 6. The summed E-state index contributed by atoms with van der Waals surface area (Å²) in [6.45, 7) is 25.9. The van der Waals surface area contributed by atoms with E-state index in [1.54, 1.807) is 0 Å². The van der Waals surface area contributed by atoms with Crippen LogP contribution >= 0.6 is 0 Å². The molecule has 2 aliphatic rings. The third-order valence-corrected chi connectivity index (χ3v) is 12.8. The first-order chi connectivity index (χ1) is 28.5. The molecule has 0 heterocycles. The molecule has 59 heavy (non-hydrogen) atoms. The highest BCUT2D eigenvalue weighted by Crippen LogP contribution is 2.58. The number of allylic oxidation sites excluding steroid dienone is 4. The van der Waals surface area contributed by atoms with Gasteiger partial charge in [-0.2, -0.15) is 0 Å². The van der Waals surface area contributed by atoms with Gasteiger partial charge in [0.15, 0.2) is 0 Å². The van der Waals surface area contributed by atoms with E-state index >= 15 is 0 Å². The second kappa shape index (κ2) is 15.4. The van der Waals surface area contributed by atoms with Crippen molar-refractivity contribution >= 4 is 22.6 Å². The molecule has 0 fully saturated rings. The van der Waals surface area contributed by atoms with Crippen molar-refractivity contribution in [3.8, 4) is 44.5 Å². The SMILES string of the molecule is C=C/C=C(\C=C)c1ccc(N(c2ccc(C)c(C)c2)c2ccccc2-c2ccc3c(c2)C(C)(C)c2cc4c(cc2-3)C(C)(C)c2cccc(-c3ccccc3)c2-4)cc1.CC. The average Bonchev–Trinajstić information content (AvgIpc) is 3.63. The van der Waals surface area contributed by atoms with Gasteiger partial charge in [0.2, 0.25) is 0 Å². The van der Waals surface area contributed by atoms with E-state index in [1.165, 1.54) is 77.9 Å². The lowest BCUT2D eigenvalue weighted by atomic mass is 9.79. The van der Waals surface area contributed by atoms with Crippen molar-refractivity contribution in [1.29, 1.82) is 0 Å². The highest BCUT2D eigenvalue weighted by molar-refractivity contribution is 5.97. The van der Waals surface area contributed by atoms with Crippen LogP contribution in [0.2, 0.25) is 0 Å². The molecule has 1 nitrogen and oxygen atoms in total. The van der Waals surface area contributed by atoms with Gasteiger partial charge in [-0.25, -0.2) is 0 Å². The van der Waals surface area contributed by atoms with Gasteiger partial charge in [-0.3, -0.25) is 0 Å². The Balaban J connectivity index is 0.00000238. The van der Waals surface area contributed by atoms with Crippen LogP contribution in [-0.4, -0.2) is 0 Å². The maximum absolute atomic E-state index is 4.04. The number of anilines is 3. The quantitative estimate of drug-likeness (QED) is 0.139. The third kappa shape index (κ3) is 6.50. The molecule has 0 aromatic heterocycles. The first-order valence-corrected chi connectivity index (χ1v) is 21.1. The first-order valence-electron chi connectivity index (χ1n) is 21.1. The molecule has 0 atom stereocenters. The van der Waals surface area contributed by atoms with Crippen molar-refractivity contribution in [2.45, 2.75) is 66.2 Å². The number of hydrogen-bond acceptors (Lipinski definition) is 1. The smallest absolute Gasteiger partial charge is 0.0540 e. The first kappa shape index (κ1) is 39.4. The molecule has 0 aliphatic heterocycles. The summed E-state index contributed by atoms with van der Waals surface area (Å²) in [6.07, 6.45) is 5.70. The molecule has 0 amide bonds. The molecule has 1 heteroatoms. The van der Waals surface area contributed by atoms with E-state index < -0.39 is 0 Å². The zero-order chi connectivity index (χ0) is 41.6. The molecule has 0 saturated heterocycles. The Bertz CT molecular complexity index is 2770. The molecular formula is C58H55N. The van der Waals surface area contributed by atoms with Crippen LogP contribution in [0.15, 0.2) is 177 Å². The van der Waals surface area contributed by atoms with Gasteiger partial charge in [-0.1, -0.05) is 170 Å². The normalized spacial score (nSPS) is 13.9. The van der Waals surface area contributed by atoms with Crippen LogP contribution in [0, 0.1) is 13.8 Å². The summed E-state index contributed by atoms with van der Waals surface area (Å²) in [7, 11) is 0. The molecule has 292 valence electrons. The van der Waals surface area contributed by atoms with Crippen molar-refractivity contribution in [3.63, 3.8) is 0 Å². The summed E-state index contributed by atoms with van der Waals surface area (Å²) in [5.74, 6) is 0. The van der Waals surface area contributed by atoms with E-state index in [0.29, 0.717) is 0 Å². The highest BCUT2D eigenvalue weighted by atomic mass is 15.1. The number of nitrogens with zero attached hydrogens (tertiary/aromatic N) is 1. The third-order valence-electron chi connectivity index (χ3n) is 12.8. The van der Waals surface area contributed by atoms with Crippen molar-refractivity contribution in [3.05, 3.63) is 216 Å². The molecule has 0 N–H and O–H groups in total. The Hall–Kier alpha value is -6.44. The molecular weight excluding hydrogens is 711 g/mol. The number of hydrogen-bond donors (Lipinski definition) is 0. The van der Waals surface area contributed by atoms with Gasteiger partial charge in [0.1, 0.15) is 0 Å². The molecule has 2 aliphatic carbocycles. The molecule has 0 unspecified atom stereocenters. The van der Waals surface area contributed by atoms with Gasteiger partial charge in [0.05, 0.1) is 5.69 Å². The zero-order valence-electron chi connectivity index (χ0n) is 35.9. The Morgan fingerprint density at radius 1 is 0.492 bits per heavy atom. The Morgan fingerprint density at radius 2 is 1.12 bits per heavy atom. The van der Waals surface area contributed by atoms with Crippen molar-refractivity contribution < 1.29 is 0 Å². The number of para-hydroxylation sites is 1. The van der Waals surface area contributed by atoms with E-state index in [-0.39, 0.29) is 10.8 Å². The summed E-state index contributed by atoms with van der Waals surface area (Å²) in [6, 6.07) is 54.4. The Labute approximate surface area is 352 Å². The monoisotopic (exact) mass is 765 g/mol. The zero-order valence-corrected chi connectivity index (χ0v) is 35.9. The second-order valence-corrected chi connectivity index (χ2v) is 16.8. The number of aryl methyl sites for hydroxylation is 2. The van der Waals surface area contributed by atoms with Gasteiger partial charge >= 0.3 is 0 Å². The number of benzene rings is 7. The predicted molar refractivity (Wildman–Crippen MR) is 256 cm³/mol. The van der Waals surface area contributed by atoms with Crippen molar-refractivity contribution in [2.24, 2.45) is 0 Å². The van der Waals surface area contributed by atoms with Crippen molar-refractivity contribution in [1.82, 2.24) is 0 Å². The largest absolute Gasteiger partial charge is 0.310 e. The maximum atomic E-state index is 4.04. The van der Waals surface area contributed by atoms with E-state index in [4.69, 9.17) is 0 Å². The molecule has 7 aromatic carbocycles. The van der Waals surface area contributed by atoms with E-state index in [9.17, 15) is 0 Å². The highest BCUT2D eigenvalue weighted by Gasteiger charge is 2.42. The summed E-state index contributed by atoms with van der Waals surface area (Å²) < 4.78 is 0. The second-order valence-electron chi connectivity index (χ2n) is 16.8. The standard InChI is InChI=1S/C56H49N.C2H6/c1-9-17-38(10-2)39-25-29-42(30-26-39)57(43-28-24-36(3)37(4)32-43)53-23-15-14-20-44(53)41-27-31-46-47-34-52-48(35-51(47)56(7,8)50(46)33-41)54-45(40-18-12-11-13-19-40)21-16-22-49(54)55(52,5)6;1-2/h9-35H,1-2H2,3-8H3;1-2H3/b38-17+;. The van der Waals surface area contributed by atoms with Crippen molar-refractivity contribution in [2.75, 3.05) is 4.90 Å². The molecule has 0 saturated carbocycles. The molecule has 7 aromatic rings. The van der Waals surface area contributed by atoms with Crippen LogP contribution in [0.5, 0.6) is 0 Å². The Kier molecular flexibility index (Phi) is 10.3. The minimum atomic E-state index is -0.190. The summed E-state index contributed by atoms with van der Waals surface area (Å²) >= 11 is 0. The minimum Gasteiger partial charge on any atom is -0.310 e. The summed E-state index contributed by atoms with van der Waals surface area (Å²) in [4.78, 5) is 2.40. The molecule has 0 radical (unpaired) electrons. The van der Waals surface area contributed by atoms with E-state index in [1.807, 2.05) is 32.1 Å². The van der Waals surface area contributed by atoms with Crippen LogP contribution in [0.25, 0.3) is 50.1 Å². The molecule has 0 spiro atoms. The number of rotatable bonds is 8. The van der Waals surface area contributed by atoms with Crippen LogP contribution in [0.1, 0.15) is 80.5 Å². The van der Waals surface area contributed by atoms with E-state index in [0.717, 1.165) is 28.2 Å². The van der Waals surface area contributed by atoms with Crippen LogP contribution < -0.4 is 4.90 Å². The van der Waals surface area contributed by atoms with Gasteiger partial charge in [-0.05, 0) is 146 Å². The fraction of sp³-hybridized carbons (Fsp3) is 0.172.